The lowest BCUT2D eigenvalue weighted by atomic mass is 9.92. The fourth-order valence-electron chi connectivity index (χ4n) is 2.37. The number of halogens is 4. The molecule has 134 valence electrons. The van der Waals surface area contributed by atoms with Gasteiger partial charge in [0.15, 0.2) is 6.61 Å². The van der Waals surface area contributed by atoms with E-state index in [9.17, 15) is 22.4 Å². The zero-order valence-electron chi connectivity index (χ0n) is 12.9. The van der Waals surface area contributed by atoms with Crippen LogP contribution in [-0.4, -0.2) is 41.9 Å². The normalized spacial score (nSPS) is 21.6. The van der Waals surface area contributed by atoms with E-state index in [1.54, 1.807) is 0 Å². The highest BCUT2D eigenvalue weighted by molar-refractivity contribution is 5.94. The number of nitrogens with two attached hydrogens (primary N) is 1. The maximum absolute atomic E-state index is 12.8. The number of nitrogens with zero attached hydrogens (tertiary/aromatic N) is 1. The summed E-state index contributed by atoms with van der Waals surface area (Å²) in [6.07, 6.45) is 0.614. The number of carbonyl (C=O) groups excluding carboxylic acids is 1. The van der Waals surface area contributed by atoms with Crippen LogP contribution in [0.3, 0.4) is 0 Å². The van der Waals surface area contributed by atoms with Crippen molar-refractivity contribution in [2.24, 2.45) is 5.73 Å². The van der Waals surface area contributed by atoms with E-state index in [4.69, 9.17) is 5.73 Å². The summed E-state index contributed by atoms with van der Waals surface area (Å²) in [5.74, 6) is -4.84. The number of ether oxygens (including phenoxy) is 1. The van der Waals surface area contributed by atoms with Crippen LogP contribution < -0.4 is 15.8 Å². The van der Waals surface area contributed by atoms with Crippen molar-refractivity contribution in [1.29, 1.82) is 0 Å². The molecule has 1 fully saturated rings. The molecule has 0 radical (unpaired) electrons. The second kappa shape index (κ2) is 7.78. The molecule has 0 spiro atoms. The molecule has 1 aliphatic carbocycles. The third-order valence-electron chi connectivity index (χ3n) is 3.84. The second-order valence-electron chi connectivity index (χ2n) is 5.82. The highest BCUT2D eigenvalue weighted by atomic mass is 19.3. The molecule has 0 aliphatic heterocycles. The number of pyridine rings is 1. The van der Waals surface area contributed by atoms with Gasteiger partial charge >= 0.3 is 12.3 Å². The SMILES string of the molecule is NC1CCC(NC(=O)c2ccc(OCC(F)(F)C(F)F)nc2)CC1. The molecule has 1 aromatic rings. The molecule has 24 heavy (non-hydrogen) atoms. The van der Waals surface area contributed by atoms with Crippen LogP contribution in [-0.2, 0) is 0 Å². The summed E-state index contributed by atoms with van der Waals surface area (Å²) in [6, 6.07) is 2.74. The van der Waals surface area contributed by atoms with Gasteiger partial charge in [-0.15, -0.1) is 0 Å². The van der Waals surface area contributed by atoms with Gasteiger partial charge in [-0.3, -0.25) is 4.79 Å². The summed E-state index contributed by atoms with van der Waals surface area (Å²) in [7, 11) is 0. The van der Waals surface area contributed by atoms with Crippen LogP contribution in [0.4, 0.5) is 17.6 Å². The van der Waals surface area contributed by atoms with Crippen molar-refractivity contribution in [2.45, 2.75) is 50.1 Å². The van der Waals surface area contributed by atoms with E-state index >= 15 is 0 Å². The fraction of sp³-hybridized carbons (Fsp3) is 0.600. The molecule has 1 saturated carbocycles. The van der Waals surface area contributed by atoms with Crippen molar-refractivity contribution in [2.75, 3.05) is 6.61 Å². The van der Waals surface area contributed by atoms with Crippen molar-refractivity contribution < 1.29 is 27.1 Å². The van der Waals surface area contributed by atoms with Gasteiger partial charge in [0.05, 0.1) is 5.56 Å². The number of alkyl halides is 4. The number of nitrogens with one attached hydrogen (secondary N) is 1. The maximum atomic E-state index is 12.8. The van der Waals surface area contributed by atoms with Gasteiger partial charge in [0, 0.05) is 24.3 Å². The van der Waals surface area contributed by atoms with E-state index < -0.39 is 19.0 Å². The molecule has 0 saturated heterocycles. The number of hydrogen-bond donors (Lipinski definition) is 2. The number of rotatable bonds is 6. The Hall–Kier alpha value is -1.90. The van der Waals surface area contributed by atoms with Gasteiger partial charge in [0.2, 0.25) is 5.88 Å². The minimum atomic E-state index is -4.25. The third-order valence-corrected chi connectivity index (χ3v) is 3.84. The number of hydrogen-bond acceptors (Lipinski definition) is 4. The summed E-state index contributed by atoms with van der Waals surface area (Å²) >= 11 is 0. The van der Waals surface area contributed by atoms with Crippen molar-refractivity contribution in [1.82, 2.24) is 10.3 Å². The van der Waals surface area contributed by atoms with Gasteiger partial charge < -0.3 is 15.8 Å². The Kier molecular flexibility index (Phi) is 5.98. The first-order valence-corrected chi connectivity index (χ1v) is 7.59. The topological polar surface area (TPSA) is 77.2 Å². The Labute approximate surface area is 136 Å². The molecule has 3 N–H and O–H groups in total. The van der Waals surface area contributed by atoms with Gasteiger partial charge in [-0.05, 0) is 31.7 Å². The minimum Gasteiger partial charge on any atom is -0.471 e. The average molecular weight is 349 g/mol. The van der Waals surface area contributed by atoms with Gasteiger partial charge in [0.25, 0.3) is 5.91 Å². The lowest BCUT2D eigenvalue weighted by molar-refractivity contribution is -0.148. The largest absolute Gasteiger partial charge is 0.471 e. The molecule has 9 heteroatoms. The Bertz CT molecular complexity index is 546. The quantitative estimate of drug-likeness (QED) is 0.773. The minimum absolute atomic E-state index is 0.0398. The molecule has 1 amide bonds. The van der Waals surface area contributed by atoms with Crippen molar-refractivity contribution in [3.8, 4) is 5.88 Å². The molecule has 0 bridgehead atoms. The van der Waals surface area contributed by atoms with Crippen LogP contribution in [0.5, 0.6) is 5.88 Å². The second-order valence-corrected chi connectivity index (χ2v) is 5.82. The first kappa shape index (κ1) is 18.4. The summed E-state index contributed by atoms with van der Waals surface area (Å²) in [5, 5.41) is 2.85. The number of carbonyl (C=O) groups is 1. The zero-order valence-corrected chi connectivity index (χ0v) is 12.9. The molecule has 1 aliphatic rings. The first-order valence-electron chi connectivity index (χ1n) is 7.59. The first-order chi connectivity index (χ1) is 11.3. The summed E-state index contributed by atoms with van der Waals surface area (Å²) in [4.78, 5) is 15.8. The molecule has 1 aromatic heterocycles. The molecule has 0 unspecified atom stereocenters. The van der Waals surface area contributed by atoms with Crippen molar-refractivity contribution in [3.05, 3.63) is 23.9 Å². The molecule has 1 heterocycles. The Morgan fingerprint density at radius 3 is 2.54 bits per heavy atom. The van der Waals surface area contributed by atoms with E-state index in [2.05, 4.69) is 15.0 Å². The van der Waals surface area contributed by atoms with Gasteiger partial charge in [-0.25, -0.2) is 13.8 Å². The van der Waals surface area contributed by atoms with Crippen molar-refractivity contribution >= 4 is 5.91 Å². The predicted octanol–water partition coefficient (Wildman–Crippen LogP) is 2.36. The van der Waals surface area contributed by atoms with Crippen LogP contribution in [0, 0.1) is 0 Å². The van der Waals surface area contributed by atoms with Crippen LogP contribution in [0.15, 0.2) is 18.3 Å². The Balaban J connectivity index is 1.86. The van der Waals surface area contributed by atoms with Crippen LogP contribution >= 0.6 is 0 Å². The summed E-state index contributed by atoms with van der Waals surface area (Å²) in [5.41, 5.74) is 6.03. The molecular formula is C15H19F4N3O2. The third kappa shape index (κ3) is 5.05. The number of amides is 1. The van der Waals surface area contributed by atoms with Gasteiger partial charge in [-0.2, -0.15) is 8.78 Å². The zero-order chi connectivity index (χ0) is 17.7. The van der Waals surface area contributed by atoms with E-state index in [0.717, 1.165) is 31.9 Å². The fourth-order valence-corrected chi connectivity index (χ4v) is 2.37. The molecular weight excluding hydrogens is 330 g/mol. The van der Waals surface area contributed by atoms with Gasteiger partial charge in [-0.1, -0.05) is 0 Å². The standard InChI is InChI=1S/C15H19F4N3O2/c16-14(17)15(18,19)8-24-12-6-1-9(7-21-12)13(23)22-11-4-2-10(20)3-5-11/h1,6-7,10-11,14H,2-5,8,20H2,(H,22,23). The molecule has 0 aromatic carbocycles. The van der Waals surface area contributed by atoms with Crippen LogP contribution in [0.2, 0.25) is 0 Å². The van der Waals surface area contributed by atoms with E-state index in [1.807, 2.05) is 0 Å². The maximum Gasteiger partial charge on any atom is 0.340 e. The highest BCUT2D eigenvalue weighted by Gasteiger charge is 2.41. The lowest BCUT2D eigenvalue weighted by Gasteiger charge is -2.26. The van der Waals surface area contributed by atoms with Crippen LogP contribution in [0.25, 0.3) is 0 Å². The van der Waals surface area contributed by atoms with Gasteiger partial charge in [0.1, 0.15) is 0 Å². The van der Waals surface area contributed by atoms with Crippen LogP contribution in [0.1, 0.15) is 36.0 Å². The molecule has 2 rings (SSSR count). The van der Waals surface area contributed by atoms with E-state index in [1.165, 1.54) is 12.1 Å². The Morgan fingerprint density at radius 1 is 1.33 bits per heavy atom. The highest BCUT2D eigenvalue weighted by Crippen LogP contribution is 2.23. The lowest BCUT2D eigenvalue weighted by Crippen LogP contribution is -2.40. The summed E-state index contributed by atoms with van der Waals surface area (Å²) < 4.78 is 54.1. The smallest absolute Gasteiger partial charge is 0.340 e. The average Bonchev–Trinajstić information content (AvgIpc) is 2.55. The van der Waals surface area contributed by atoms with E-state index in [-0.39, 0.29) is 29.4 Å². The van der Waals surface area contributed by atoms with E-state index in [0.29, 0.717) is 0 Å². The molecule has 0 atom stereocenters. The Morgan fingerprint density at radius 2 is 2.00 bits per heavy atom. The number of aromatic nitrogens is 1. The monoisotopic (exact) mass is 349 g/mol. The van der Waals surface area contributed by atoms with Crippen molar-refractivity contribution in [3.63, 3.8) is 0 Å². The predicted molar refractivity (Wildman–Crippen MR) is 78.4 cm³/mol. The molecule has 5 nitrogen and oxygen atoms in total. The summed E-state index contributed by atoms with van der Waals surface area (Å²) in [6.45, 7) is -1.48.